The molecule has 0 saturated heterocycles. The number of aryl methyl sites for hydroxylation is 1. The lowest BCUT2D eigenvalue weighted by Gasteiger charge is -2.14. The quantitative estimate of drug-likeness (QED) is 0.256. The zero-order chi connectivity index (χ0) is 23.0. The van der Waals surface area contributed by atoms with E-state index in [0.29, 0.717) is 29.5 Å². The summed E-state index contributed by atoms with van der Waals surface area (Å²) in [4.78, 5) is 16.7. The minimum Gasteiger partial charge on any atom is -0.352 e. The molecule has 7 nitrogen and oxygen atoms in total. The summed E-state index contributed by atoms with van der Waals surface area (Å²) in [6.07, 6.45) is 2.10. The van der Waals surface area contributed by atoms with Crippen molar-refractivity contribution in [2.75, 3.05) is 13.3 Å². The van der Waals surface area contributed by atoms with Gasteiger partial charge in [0.15, 0.2) is 15.8 Å². The number of carbonyl (C=O) groups excluding carboxylic acids is 1. The molecule has 9 heteroatoms. The molecule has 0 radical (unpaired) electrons. The Balaban J connectivity index is 0.00000512. The maximum atomic E-state index is 12.2. The standard InChI is InChI=1S/C23H32N4O3S.HI/c1-6-17(3)27-22(28)20-10-7-18(8-11-20)14-25-23(24-4)26-15-19-9-12-21(16(2)13-19)31(5,29)30;/h7-13,17H,6,14-15H2,1-5H3,(H,27,28)(H2,24,25,26);1H. The van der Waals surface area contributed by atoms with Crippen LogP contribution in [0.15, 0.2) is 52.4 Å². The average Bonchev–Trinajstić information content (AvgIpc) is 2.73. The molecule has 2 aromatic carbocycles. The minimum atomic E-state index is -3.22. The van der Waals surface area contributed by atoms with Crippen LogP contribution in [0.5, 0.6) is 0 Å². The second-order valence-corrected chi connectivity index (χ2v) is 9.62. The fourth-order valence-corrected chi connectivity index (χ4v) is 3.97. The Kier molecular flexibility index (Phi) is 11.1. The molecule has 1 unspecified atom stereocenters. The lowest BCUT2D eigenvalue weighted by molar-refractivity contribution is 0.0939. The lowest BCUT2D eigenvalue weighted by Crippen LogP contribution is -2.36. The predicted octanol–water partition coefficient (Wildman–Crippen LogP) is 3.41. The van der Waals surface area contributed by atoms with Crippen molar-refractivity contribution < 1.29 is 13.2 Å². The van der Waals surface area contributed by atoms with Crippen LogP contribution in [0.25, 0.3) is 0 Å². The number of halogens is 1. The van der Waals surface area contributed by atoms with E-state index >= 15 is 0 Å². The smallest absolute Gasteiger partial charge is 0.251 e. The summed E-state index contributed by atoms with van der Waals surface area (Å²) >= 11 is 0. The van der Waals surface area contributed by atoms with Crippen LogP contribution >= 0.6 is 24.0 Å². The Morgan fingerprint density at radius 1 is 1.03 bits per heavy atom. The van der Waals surface area contributed by atoms with Gasteiger partial charge >= 0.3 is 0 Å². The maximum absolute atomic E-state index is 12.2. The molecule has 0 spiro atoms. The van der Waals surface area contributed by atoms with Crippen molar-refractivity contribution in [3.05, 3.63) is 64.7 Å². The first-order chi connectivity index (χ1) is 14.6. The summed E-state index contributed by atoms with van der Waals surface area (Å²) in [5.41, 5.74) is 3.35. The number of rotatable bonds is 8. The molecule has 0 aliphatic carbocycles. The zero-order valence-electron chi connectivity index (χ0n) is 19.2. The van der Waals surface area contributed by atoms with E-state index in [-0.39, 0.29) is 35.9 Å². The molecule has 0 aromatic heterocycles. The number of hydrogen-bond donors (Lipinski definition) is 3. The Labute approximate surface area is 208 Å². The molecule has 0 saturated carbocycles. The third-order valence-corrected chi connectivity index (χ3v) is 6.25. The molecule has 32 heavy (non-hydrogen) atoms. The molecule has 0 aliphatic rings. The van der Waals surface area contributed by atoms with Gasteiger partial charge in [-0.25, -0.2) is 8.42 Å². The van der Waals surface area contributed by atoms with Crippen LogP contribution in [-0.2, 0) is 22.9 Å². The largest absolute Gasteiger partial charge is 0.352 e. The van der Waals surface area contributed by atoms with Crippen LogP contribution in [0, 0.1) is 6.92 Å². The first-order valence-corrected chi connectivity index (χ1v) is 12.2. The topological polar surface area (TPSA) is 99.7 Å². The summed E-state index contributed by atoms with van der Waals surface area (Å²) in [5, 5.41) is 9.42. The van der Waals surface area contributed by atoms with E-state index in [1.807, 2.05) is 44.2 Å². The third kappa shape index (κ3) is 8.42. The van der Waals surface area contributed by atoms with Crippen molar-refractivity contribution in [3.8, 4) is 0 Å². The summed E-state index contributed by atoms with van der Waals surface area (Å²) < 4.78 is 23.5. The second-order valence-electron chi connectivity index (χ2n) is 7.63. The Morgan fingerprint density at radius 3 is 2.09 bits per heavy atom. The highest BCUT2D eigenvalue weighted by molar-refractivity contribution is 14.0. The van der Waals surface area contributed by atoms with Gasteiger partial charge in [0.05, 0.1) is 4.90 Å². The van der Waals surface area contributed by atoms with Crippen molar-refractivity contribution in [3.63, 3.8) is 0 Å². The molecule has 2 rings (SSSR count). The number of hydrogen-bond acceptors (Lipinski definition) is 4. The lowest BCUT2D eigenvalue weighted by atomic mass is 10.1. The zero-order valence-corrected chi connectivity index (χ0v) is 22.4. The van der Waals surface area contributed by atoms with Crippen LogP contribution in [0.3, 0.4) is 0 Å². The first-order valence-electron chi connectivity index (χ1n) is 10.3. The van der Waals surface area contributed by atoms with Gasteiger partial charge in [-0.3, -0.25) is 9.79 Å². The van der Waals surface area contributed by atoms with E-state index in [2.05, 4.69) is 20.9 Å². The Morgan fingerprint density at radius 2 is 1.59 bits per heavy atom. The van der Waals surface area contributed by atoms with E-state index in [0.717, 1.165) is 23.1 Å². The van der Waals surface area contributed by atoms with Crippen molar-refractivity contribution in [1.29, 1.82) is 0 Å². The first kappa shape index (κ1) is 27.9. The van der Waals surface area contributed by atoms with Crippen molar-refractivity contribution in [2.45, 2.75) is 51.2 Å². The number of aliphatic imine (C=N–C) groups is 1. The molecule has 1 atom stereocenters. The monoisotopic (exact) mass is 572 g/mol. The van der Waals surface area contributed by atoms with Gasteiger partial charge in [0.25, 0.3) is 5.91 Å². The Bertz CT molecular complexity index is 1040. The summed E-state index contributed by atoms with van der Waals surface area (Å²) in [6.45, 7) is 6.88. The Hall–Kier alpha value is -2.14. The number of carbonyl (C=O) groups is 1. The van der Waals surface area contributed by atoms with Crippen LogP contribution in [0.2, 0.25) is 0 Å². The minimum absolute atomic E-state index is 0. The number of benzene rings is 2. The highest BCUT2D eigenvalue weighted by Gasteiger charge is 2.11. The SMILES string of the molecule is CCC(C)NC(=O)c1ccc(CNC(=NC)NCc2ccc(S(C)(=O)=O)c(C)c2)cc1.I. The normalized spacial score (nSPS) is 12.5. The molecule has 0 heterocycles. The van der Waals surface area contributed by atoms with E-state index < -0.39 is 9.84 Å². The number of amides is 1. The predicted molar refractivity (Wildman–Crippen MR) is 140 cm³/mol. The van der Waals surface area contributed by atoms with Crippen molar-refractivity contribution in [1.82, 2.24) is 16.0 Å². The van der Waals surface area contributed by atoms with Crippen molar-refractivity contribution >= 4 is 45.7 Å². The van der Waals surface area contributed by atoms with Gasteiger partial charge in [-0.2, -0.15) is 0 Å². The molecule has 176 valence electrons. The van der Waals surface area contributed by atoms with Gasteiger partial charge in [-0.05, 0) is 55.2 Å². The average molecular weight is 573 g/mol. The van der Waals surface area contributed by atoms with Gasteiger partial charge in [0, 0.05) is 38.0 Å². The van der Waals surface area contributed by atoms with Crippen LogP contribution < -0.4 is 16.0 Å². The maximum Gasteiger partial charge on any atom is 0.251 e. The summed E-state index contributed by atoms with van der Waals surface area (Å²) in [6, 6.07) is 12.9. The number of nitrogens with one attached hydrogen (secondary N) is 3. The fraction of sp³-hybridized carbons (Fsp3) is 0.391. The van der Waals surface area contributed by atoms with Crippen molar-refractivity contribution in [2.24, 2.45) is 4.99 Å². The molecular weight excluding hydrogens is 539 g/mol. The highest BCUT2D eigenvalue weighted by atomic mass is 127. The summed E-state index contributed by atoms with van der Waals surface area (Å²) in [7, 11) is -1.53. The number of guanidine groups is 1. The molecule has 0 fully saturated rings. The van der Waals surface area contributed by atoms with E-state index in [1.165, 1.54) is 6.26 Å². The molecular formula is C23H33IN4O3S. The van der Waals surface area contributed by atoms with E-state index in [4.69, 9.17) is 0 Å². The van der Waals surface area contributed by atoms with Gasteiger partial charge in [-0.15, -0.1) is 24.0 Å². The molecule has 2 aromatic rings. The molecule has 1 amide bonds. The highest BCUT2D eigenvalue weighted by Crippen LogP contribution is 2.16. The number of sulfone groups is 1. The van der Waals surface area contributed by atoms with Gasteiger partial charge in [-0.1, -0.05) is 31.2 Å². The van der Waals surface area contributed by atoms with E-state index in [1.54, 1.807) is 26.1 Å². The van der Waals surface area contributed by atoms with Gasteiger partial charge in [0.1, 0.15) is 0 Å². The van der Waals surface area contributed by atoms with E-state index in [9.17, 15) is 13.2 Å². The molecule has 3 N–H and O–H groups in total. The second kappa shape index (κ2) is 12.8. The van der Waals surface area contributed by atoms with Gasteiger partial charge < -0.3 is 16.0 Å². The van der Waals surface area contributed by atoms with Crippen LogP contribution in [-0.4, -0.2) is 39.6 Å². The molecule has 0 bridgehead atoms. The number of nitrogens with zero attached hydrogens (tertiary/aromatic N) is 1. The fourth-order valence-electron chi connectivity index (χ4n) is 3.01. The summed E-state index contributed by atoms with van der Waals surface area (Å²) in [5.74, 6) is 0.562. The van der Waals surface area contributed by atoms with Gasteiger partial charge in [0.2, 0.25) is 0 Å². The molecule has 0 aliphatic heterocycles. The third-order valence-electron chi connectivity index (χ3n) is 4.99. The van der Waals surface area contributed by atoms with Crippen LogP contribution in [0.1, 0.15) is 47.3 Å². The van der Waals surface area contributed by atoms with Crippen LogP contribution in [0.4, 0.5) is 0 Å².